The van der Waals surface area contributed by atoms with Crippen LogP contribution in [0.15, 0.2) is 67.3 Å². The van der Waals surface area contributed by atoms with E-state index in [0.29, 0.717) is 47.0 Å². The first-order valence-corrected chi connectivity index (χ1v) is 37.9. The number of nitrogens with one attached hydrogen (secondary N) is 13. The van der Waals surface area contributed by atoms with E-state index in [-0.39, 0.29) is 68.7 Å². The van der Waals surface area contributed by atoms with Gasteiger partial charge in [-0.15, -0.1) is 0 Å². The summed E-state index contributed by atoms with van der Waals surface area (Å²) in [6.07, 6.45) is 5.27. The molecule has 0 aliphatic carbocycles. The fourth-order valence-electron chi connectivity index (χ4n) is 11.2. The van der Waals surface area contributed by atoms with E-state index in [0.717, 1.165) is 43.2 Å². The number of carbonyl (C=O) groups excluding carboxylic acids is 12. The van der Waals surface area contributed by atoms with E-state index in [2.05, 4.69) is 73.4 Å². The van der Waals surface area contributed by atoms with E-state index in [1.165, 1.54) is 41.7 Å². The number of nitrogens with zero attached hydrogens (tertiary/aromatic N) is 2. The molecule has 3 saturated heterocycles. The van der Waals surface area contributed by atoms with Crippen LogP contribution in [0.3, 0.4) is 0 Å². The number of nitrogens with two attached hydrogens (primary N) is 1. The normalized spacial score (nSPS) is 26.4. The fraction of sp³-hybridized carbons (Fsp3) is 0.531. The molecule has 12 amide bonds. The van der Waals surface area contributed by atoms with E-state index in [1.54, 1.807) is 45.2 Å². The minimum absolute atomic E-state index is 0.0146. The number of rotatable bonds is 16. The van der Waals surface area contributed by atoms with Crippen LogP contribution in [0.4, 0.5) is 0 Å². The highest BCUT2D eigenvalue weighted by Gasteiger charge is 2.42. The first kappa shape index (κ1) is 78.8. The van der Waals surface area contributed by atoms with Crippen molar-refractivity contribution in [2.45, 2.75) is 164 Å². The molecule has 3 aliphatic rings. The van der Waals surface area contributed by atoms with Crippen molar-refractivity contribution in [3.8, 4) is 5.75 Å². The van der Waals surface area contributed by atoms with Crippen LogP contribution in [-0.4, -0.2) is 227 Å². The van der Waals surface area contributed by atoms with Gasteiger partial charge in [0.25, 0.3) is 0 Å². The number of para-hydroxylation sites is 1. The van der Waals surface area contributed by atoms with E-state index in [1.807, 2.05) is 13.0 Å². The Bertz CT molecular complexity index is 3530. The quantitative estimate of drug-likeness (QED) is 0.0563. The maximum atomic E-state index is 15.1. The molecular weight excluding hydrogens is 1380 g/mol. The van der Waals surface area contributed by atoms with Gasteiger partial charge in [0.15, 0.2) is 0 Å². The number of aliphatic hydroxyl groups is 1. The number of aromatic amines is 2. The number of hydrogen-bond acceptors (Lipinski definition) is 21. The SMILES string of the molecule is CCCC[C@@H]1NC(=O)[C@H](Cc2c[nH]c3ccccc23)NC(=O)[C@H]([C@H](C)CC)NC(=O)[C@@H]2CSSC[C@H](NC(=O)CN)C(=O)N[C@@H](CSSC[C@@H](C(=O)O)NC(=O)[C@H](Cc3ccc(O)cc3)NC1=O)C(=O)N[C@@H](CO)C(=O)N[C@@H](Cc1cnc[nH]1)C(=O)N1CCC[C@H]1C(=O)N[C@@H](CC)C(=O)N2. The molecule has 18 N–H and O–H groups in total. The predicted molar refractivity (Wildman–Crippen MR) is 375 cm³/mol. The number of hydrogen-bond donors (Lipinski definition) is 17. The molecule has 4 aromatic rings. The van der Waals surface area contributed by atoms with Gasteiger partial charge in [-0.3, -0.25) is 57.5 Å². The topological polar surface area (TPSA) is 489 Å². The number of aliphatic carboxylic acids is 1. The van der Waals surface area contributed by atoms with Gasteiger partial charge in [0.05, 0.1) is 19.5 Å². The second kappa shape index (κ2) is 38.8. The van der Waals surface area contributed by atoms with Crippen molar-refractivity contribution in [2.75, 3.05) is 42.7 Å². The van der Waals surface area contributed by atoms with Gasteiger partial charge in [0.2, 0.25) is 70.9 Å². The molecule has 2 aromatic carbocycles. The maximum absolute atomic E-state index is 15.1. The van der Waals surface area contributed by atoms with Gasteiger partial charge >= 0.3 is 5.97 Å². The Morgan fingerprint density at radius 1 is 0.640 bits per heavy atom. The zero-order valence-electron chi connectivity index (χ0n) is 55.6. The third kappa shape index (κ3) is 22.5. The van der Waals surface area contributed by atoms with Gasteiger partial charge in [0.1, 0.15) is 78.3 Å². The molecule has 2 aromatic heterocycles. The minimum atomic E-state index is -1.82. The van der Waals surface area contributed by atoms with Crippen LogP contribution in [0.25, 0.3) is 10.9 Å². The van der Waals surface area contributed by atoms with Crippen molar-refractivity contribution >= 4 is 131 Å². The van der Waals surface area contributed by atoms with Crippen LogP contribution in [0.1, 0.15) is 89.5 Å². The van der Waals surface area contributed by atoms with Gasteiger partial charge in [0, 0.05) is 77.8 Å². The molecule has 3 fully saturated rings. The third-order valence-corrected chi connectivity index (χ3v) is 22.0. The molecule has 0 spiro atoms. The van der Waals surface area contributed by atoms with Crippen LogP contribution in [0.2, 0.25) is 0 Å². The number of carbonyl (C=O) groups is 13. The van der Waals surface area contributed by atoms with Crippen molar-refractivity contribution in [2.24, 2.45) is 11.7 Å². The monoisotopic (exact) mass is 1460 g/mol. The highest BCUT2D eigenvalue weighted by Crippen LogP contribution is 2.27. The van der Waals surface area contributed by atoms with Crippen LogP contribution in [-0.2, 0) is 81.6 Å². The number of unbranched alkanes of at least 4 members (excludes halogenated alkanes) is 1. The van der Waals surface area contributed by atoms with Crippen molar-refractivity contribution < 1.29 is 77.6 Å². The first-order chi connectivity index (χ1) is 47.9. The van der Waals surface area contributed by atoms with Gasteiger partial charge in [-0.2, -0.15) is 0 Å². The molecule has 5 heterocycles. The summed E-state index contributed by atoms with van der Waals surface area (Å²) in [4.78, 5) is 199. The predicted octanol–water partition coefficient (Wildman–Crippen LogP) is -1.58. The van der Waals surface area contributed by atoms with Crippen LogP contribution < -0.4 is 64.2 Å². The maximum Gasteiger partial charge on any atom is 0.327 e. The molecule has 3 aliphatic heterocycles. The highest BCUT2D eigenvalue weighted by molar-refractivity contribution is 8.77. The number of aromatic nitrogens is 3. The van der Waals surface area contributed by atoms with Gasteiger partial charge in [-0.25, -0.2) is 9.78 Å². The van der Waals surface area contributed by atoms with Gasteiger partial charge < -0.3 is 94.4 Å². The molecule has 544 valence electrons. The highest BCUT2D eigenvalue weighted by atomic mass is 33.1. The molecule has 0 saturated carbocycles. The summed E-state index contributed by atoms with van der Waals surface area (Å²) < 4.78 is 0. The average molecular weight is 1470 g/mol. The van der Waals surface area contributed by atoms with Crippen molar-refractivity contribution in [3.05, 3.63) is 84.1 Å². The summed E-state index contributed by atoms with van der Waals surface area (Å²) in [5.41, 5.74) is 7.74. The minimum Gasteiger partial charge on any atom is -0.508 e. The van der Waals surface area contributed by atoms with Crippen LogP contribution in [0, 0.1) is 5.92 Å². The Labute approximate surface area is 592 Å². The Balaban J connectivity index is 1.34. The molecule has 2 bridgehead atoms. The number of phenols is 1. The number of H-pyrrole nitrogens is 2. The van der Waals surface area contributed by atoms with Crippen LogP contribution in [0.5, 0.6) is 5.75 Å². The van der Waals surface area contributed by atoms with Gasteiger partial charge in [-0.1, -0.05) is 120 Å². The number of amides is 12. The number of aromatic hydroxyl groups is 1. The number of carboxylic acids is 1. The van der Waals surface area contributed by atoms with Crippen molar-refractivity contribution in [3.63, 3.8) is 0 Å². The number of imidazole rings is 1. The average Bonchev–Trinajstić information content (AvgIpc) is 1.62. The standard InChI is InChI=1S/C64H88N16O16S4/c1-5-8-13-41-54(85)72-42(21-34-16-18-37(82)19-17-34)55(86)78-49(64(95)96)31-100-99-29-47-59(90)75-45(27-81)57(88)74-44(23-36-26-66-32-68-36)63(94)80-20-11-15-50(80)61(92)70-39(7-3)53(84)76-48(30-98-97-28-46(58(89)77-47)69-51(83)24-65)60(91)79-52(33(4)6-2)62(93)73-43(56(87)71-41)22-35-25-67-40-14-10-9-12-38(35)40/h9-10,12,14,16-19,25-26,32-33,39,41-50,52,67,81-82H,5-8,11,13,15,20-24,27-31,65H2,1-4H3,(H,66,68)(H,69,83)(H,70,92)(H,71,87)(H,72,85)(H,73,93)(H,74,88)(H,75,90)(H,76,84)(H,77,89)(H,78,86)(H,79,91)(H,95,96)/t33-,39+,41+,42+,43+,44+,45+,46+,47+,48+,49+,50+,52+/m1/s1. The van der Waals surface area contributed by atoms with Crippen molar-refractivity contribution in [1.29, 1.82) is 0 Å². The summed E-state index contributed by atoms with van der Waals surface area (Å²) in [6.45, 7) is 5.21. The lowest BCUT2D eigenvalue weighted by molar-refractivity contribution is -0.142. The van der Waals surface area contributed by atoms with E-state index < -0.39 is 180 Å². The van der Waals surface area contributed by atoms with E-state index >= 15 is 14.4 Å². The fourth-order valence-corrected chi connectivity index (χ4v) is 15.8. The molecule has 32 nitrogen and oxygen atoms in total. The molecule has 13 atom stereocenters. The lowest BCUT2D eigenvalue weighted by atomic mass is 9.96. The van der Waals surface area contributed by atoms with Gasteiger partial charge in [-0.05, 0) is 60.9 Å². The number of carboxylic acid groups (broad SMARTS) is 1. The Hall–Kier alpha value is -8.58. The number of aliphatic hydroxyl groups excluding tert-OH is 1. The molecule has 7 rings (SSSR count). The van der Waals surface area contributed by atoms with E-state index in [9.17, 15) is 63.3 Å². The largest absolute Gasteiger partial charge is 0.508 e. The lowest BCUT2D eigenvalue weighted by Crippen LogP contribution is -2.62. The summed E-state index contributed by atoms with van der Waals surface area (Å²) in [7, 11) is 3.50. The molecular formula is C64H88N16O16S4. The summed E-state index contributed by atoms with van der Waals surface area (Å²) >= 11 is 0. The zero-order chi connectivity index (χ0) is 72.6. The lowest BCUT2D eigenvalue weighted by Gasteiger charge is -2.31. The number of benzene rings is 2. The second-order valence-corrected chi connectivity index (χ2v) is 29.5. The third-order valence-electron chi connectivity index (χ3n) is 17.1. The molecule has 0 unspecified atom stereocenters. The first-order valence-electron chi connectivity index (χ1n) is 32.9. The molecule has 100 heavy (non-hydrogen) atoms. The molecule has 0 radical (unpaired) electrons. The number of phenolic OH excluding ortho intramolecular Hbond substituents is 1. The molecule has 36 heteroatoms. The zero-order valence-corrected chi connectivity index (χ0v) is 58.9. The Kier molecular flexibility index (Phi) is 30.6. The summed E-state index contributed by atoms with van der Waals surface area (Å²) in [5.74, 6) is -14.7. The van der Waals surface area contributed by atoms with Crippen LogP contribution >= 0.6 is 43.2 Å². The summed E-state index contributed by atoms with van der Waals surface area (Å²) in [6, 6.07) is -5.27. The smallest absolute Gasteiger partial charge is 0.327 e. The second-order valence-electron chi connectivity index (χ2n) is 24.4. The summed E-state index contributed by atoms with van der Waals surface area (Å²) in [5, 5.41) is 61.3. The van der Waals surface area contributed by atoms with Crippen molar-refractivity contribution in [1.82, 2.24) is 78.3 Å². The van der Waals surface area contributed by atoms with E-state index in [4.69, 9.17) is 5.73 Å². The Morgan fingerprint density at radius 3 is 1.89 bits per heavy atom. The number of fused-ring (bicyclic) bond motifs is 10. The Morgan fingerprint density at radius 2 is 1.23 bits per heavy atom.